The van der Waals surface area contributed by atoms with Crippen molar-refractivity contribution >= 4 is 39.2 Å². The minimum Gasteiger partial charge on any atom is -0.369 e. The van der Waals surface area contributed by atoms with Crippen molar-refractivity contribution in [1.82, 2.24) is 9.69 Å². The minimum atomic E-state index is -0.171. The highest BCUT2D eigenvalue weighted by molar-refractivity contribution is 7.13. The van der Waals surface area contributed by atoms with Crippen molar-refractivity contribution in [1.29, 1.82) is 0 Å². The summed E-state index contributed by atoms with van der Waals surface area (Å²) in [5, 5.41) is 10.3. The molecule has 0 radical (unpaired) electrons. The van der Waals surface area contributed by atoms with Crippen molar-refractivity contribution in [2.75, 3.05) is 23.7 Å². The van der Waals surface area contributed by atoms with E-state index >= 15 is 0 Å². The molecule has 27 heavy (non-hydrogen) atoms. The molecule has 2 amide bonds. The van der Waals surface area contributed by atoms with Crippen LogP contribution in [-0.2, 0) is 6.42 Å². The third kappa shape index (κ3) is 5.69. The van der Waals surface area contributed by atoms with Crippen LogP contribution in [0.3, 0.4) is 0 Å². The summed E-state index contributed by atoms with van der Waals surface area (Å²) in [6, 6.07) is 16.1. The van der Waals surface area contributed by atoms with Crippen LogP contribution in [0.5, 0.6) is 0 Å². The molecule has 5 nitrogen and oxygen atoms in total. The maximum atomic E-state index is 12.0. The average Bonchev–Trinajstić information content (AvgIpc) is 3.10. The van der Waals surface area contributed by atoms with Gasteiger partial charge in [-0.05, 0) is 60.6 Å². The number of hydrogen-bond acceptors (Lipinski definition) is 4. The lowest BCUT2D eigenvalue weighted by atomic mass is 10.1. The normalized spacial score (nSPS) is 10.7. The Balaban J connectivity index is 1.35. The maximum absolute atomic E-state index is 12.0. The topological polar surface area (TPSA) is 66.1 Å². The van der Waals surface area contributed by atoms with E-state index < -0.39 is 0 Å². The van der Waals surface area contributed by atoms with Crippen molar-refractivity contribution in [3.8, 4) is 0 Å². The van der Waals surface area contributed by atoms with Crippen LogP contribution in [-0.4, -0.2) is 23.5 Å². The van der Waals surface area contributed by atoms with E-state index in [2.05, 4.69) is 51.5 Å². The molecule has 0 aliphatic carbocycles. The lowest BCUT2D eigenvalue weighted by Gasteiger charge is -2.09. The van der Waals surface area contributed by atoms with Crippen LogP contribution in [0.1, 0.15) is 31.7 Å². The van der Waals surface area contributed by atoms with Crippen molar-refractivity contribution in [2.24, 2.45) is 0 Å². The summed E-state index contributed by atoms with van der Waals surface area (Å²) < 4.78 is 5.62. The Hall–Kier alpha value is -2.60. The Bertz CT molecular complexity index is 860. The minimum absolute atomic E-state index is 0.171. The van der Waals surface area contributed by atoms with Gasteiger partial charge in [0, 0.05) is 24.2 Å². The molecule has 0 fully saturated rings. The second-order valence-corrected chi connectivity index (χ2v) is 7.29. The molecule has 0 atom stereocenters. The molecule has 2 aromatic carbocycles. The van der Waals surface area contributed by atoms with Crippen molar-refractivity contribution in [2.45, 2.75) is 32.6 Å². The summed E-state index contributed by atoms with van der Waals surface area (Å²) >= 11 is 1.50. The van der Waals surface area contributed by atoms with Gasteiger partial charge in [-0.2, -0.15) is 4.37 Å². The first-order chi connectivity index (χ1) is 13.3. The molecule has 0 bridgehead atoms. The van der Waals surface area contributed by atoms with E-state index in [1.54, 1.807) is 0 Å². The molecule has 142 valence electrons. The molecule has 0 aliphatic heterocycles. The number of urea groups is 1. The molecule has 0 unspecified atom stereocenters. The van der Waals surface area contributed by atoms with Crippen LogP contribution in [0.15, 0.2) is 48.5 Å². The Morgan fingerprint density at radius 1 is 1.04 bits per heavy atom. The van der Waals surface area contributed by atoms with Crippen molar-refractivity contribution in [3.63, 3.8) is 0 Å². The van der Waals surface area contributed by atoms with Gasteiger partial charge in [-0.25, -0.2) is 4.79 Å². The zero-order valence-corrected chi connectivity index (χ0v) is 16.4. The number of fused-ring (bicyclic) bond motifs is 1. The highest BCUT2D eigenvalue weighted by Crippen LogP contribution is 2.25. The van der Waals surface area contributed by atoms with Gasteiger partial charge in [-0.1, -0.05) is 37.6 Å². The number of carbonyl (C=O) groups excluding carboxylic acids is 1. The van der Waals surface area contributed by atoms with Gasteiger partial charge in [0.15, 0.2) is 0 Å². The molecule has 1 aromatic heterocycles. The van der Waals surface area contributed by atoms with Gasteiger partial charge in [-0.15, -0.1) is 0 Å². The monoisotopic (exact) mass is 382 g/mol. The molecular weight excluding hydrogens is 356 g/mol. The Kier molecular flexibility index (Phi) is 7.04. The van der Waals surface area contributed by atoms with Gasteiger partial charge in [0.2, 0.25) is 0 Å². The Morgan fingerprint density at radius 2 is 1.85 bits per heavy atom. The van der Waals surface area contributed by atoms with Crippen LogP contribution >= 0.6 is 11.5 Å². The van der Waals surface area contributed by atoms with Crippen LogP contribution in [0.25, 0.3) is 10.1 Å². The number of hydrogen-bond donors (Lipinski definition) is 3. The van der Waals surface area contributed by atoms with Crippen LogP contribution in [0.2, 0.25) is 0 Å². The van der Waals surface area contributed by atoms with Gasteiger partial charge in [-0.3, -0.25) is 0 Å². The van der Waals surface area contributed by atoms with Crippen LogP contribution in [0.4, 0.5) is 16.3 Å². The molecule has 0 saturated heterocycles. The summed E-state index contributed by atoms with van der Waals surface area (Å²) in [4.78, 5) is 12.0. The average molecular weight is 383 g/mol. The van der Waals surface area contributed by atoms with Gasteiger partial charge in [0.25, 0.3) is 0 Å². The number of benzene rings is 2. The number of amides is 2. The third-order valence-electron chi connectivity index (χ3n) is 4.34. The molecular formula is C21H26N4OS. The van der Waals surface area contributed by atoms with Crippen molar-refractivity contribution < 1.29 is 4.79 Å². The SMILES string of the molecule is CCCCc1ccc(NC(=O)NCCCNc2nsc3ccccc23)cc1. The summed E-state index contributed by atoms with van der Waals surface area (Å²) in [6.07, 6.45) is 4.30. The second-order valence-electron chi connectivity index (χ2n) is 6.49. The Morgan fingerprint density at radius 3 is 2.67 bits per heavy atom. The van der Waals surface area contributed by atoms with Gasteiger partial charge in [0.1, 0.15) is 5.82 Å². The van der Waals surface area contributed by atoms with Gasteiger partial charge >= 0.3 is 6.03 Å². The fourth-order valence-electron chi connectivity index (χ4n) is 2.82. The standard InChI is InChI=1S/C21H26N4OS/c1-2-3-7-16-10-12-17(13-11-16)24-21(26)23-15-6-14-22-20-18-8-4-5-9-19(18)27-25-20/h4-5,8-13H,2-3,6-7,14-15H2,1H3,(H,22,25)(H2,23,24,26). The lowest BCUT2D eigenvalue weighted by molar-refractivity contribution is 0.252. The number of carbonyl (C=O) groups is 1. The molecule has 3 aromatic rings. The summed E-state index contributed by atoms with van der Waals surface area (Å²) in [5.41, 5.74) is 2.13. The van der Waals surface area contributed by atoms with E-state index in [0.29, 0.717) is 6.54 Å². The molecule has 6 heteroatoms. The smallest absolute Gasteiger partial charge is 0.319 e. The van der Waals surface area contributed by atoms with E-state index in [1.807, 2.05) is 24.3 Å². The molecule has 0 aliphatic rings. The highest BCUT2D eigenvalue weighted by Gasteiger charge is 2.05. The first-order valence-corrected chi connectivity index (χ1v) is 10.3. The summed E-state index contributed by atoms with van der Waals surface area (Å²) in [7, 11) is 0. The van der Waals surface area contributed by atoms with E-state index in [4.69, 9.17) is 0 Å². The summed E-state index contributed by atoms with van der Waals surface area (Å²) in [6.45, 7) is 3.56. The number of unbranched alkanes of at least 4 members (excludes halogenated alkanes) is 1. The zero-order chi connectivity index (χ0) is 18.9. The van der Waals surface area contributed by atoms with Crippen molar-refractivity contribution in [3.05, 3.63) is 54.1 Å². The van der Waals surface area contributed by atoms with E-state index in [9.17, 15) is 4.79 Å². The van der Waals surface area contributed by atoms with E-state index in [1.165, 1.54) is 34.6 Å². The Labute approximate surface area is 164 Å². The predicted molar refractivity (Wildman–Crippen MR) is 115 cm³/mol. The quantitative estimate of drug-likeness (QED) is 0.442. The molecule has 3 N–H and O–H groups in total. The molecule has 0 saturated carbocycles. The highest BCUT2D eigenvalue weighted by atomic mass is 32.1. The largest absolute Gasteiger partial charge is 0.369 e. The number of rotatable bonds is 9. The summed E-state index contributed by atoms with van der Waals surface area (Å²) in [5.74, 6) is 0.920. The second kappa shape index (κ2) is 9.92. The lowest BCUT2D eigenvalue weighted by Crippen LogP contribution is -2.30. The number of anilines is 2. The maximum Gasteiger partial charge on any atom is 0.319 e. The molecule has 0 spiro atoms. The first kappa shape index (κ1) is 19.2. The molecule has 3 rings (SSSR count). The third-order valence-corrected chi connectivity index (χ3v) is 5.17. The van der Waals surface area contributed by atoms with Gasteiger partial charge in [0.05, 0.1) is 4.70 Å². The van der Waals surface area contributed by atoms with Gasteiger partial charge < -0.3 is 16.0 Å². The fourth-order valence-corrected chi connectivity index (χ4v) is 3.58. The van der Waals surface area contributed by atoms with E-state index in [0.717, 1.165) is 36.3 Å². The first-order valence-electron chi connectivity index (χ1n) is 9.48. The number of nitrogens with zero attached hydrogens (tertiary/aromatic N) is 1. The fraction of sp³-hybridized carbons (Fsp3) is 0.333. The van der Waals surface area contributed by atoms with Crippen LogP contribution < -0.4 is 16.0 Å². The number of nitrogens with one attached hydrogen (secondary N) is 3. The van der Waals surface area contributed by atoms with E-state index in [-0.39, 0.29) is 6.03 Å². The van der Waals surface area contributed by atoms with Crippen LogP contribution in [0, 0.1) is 0 Å². The number of aromatic nitrogens is 1. The molecule has 1 heterocycles. The predicted octanol–water partition coefficient (Wildman–Crippen LogP) is 5.26. The number of aryl methyl sites for hydroxylation is 1. The zero-order valence-electron chi connectivity index (χ0n) is 15.6.